The van der Waals surface area contributed by atoms with Crippen LogP contribution in [0.2, 0.25) is 0 Å². The summed E-state index contributed by atoms with van der Waals surface area (Å²) in [6, 6.07) is 3.37. The Morgan fingerprint density at radius 1 is 1.00 bits per heavy atom. The molecule has 1 aromatic carbocycles. The van der Waals surface area contributed by atoms with Gasteiger partial charge in [-0.15, -0.1) is 0 Å². The molecule has 220 valence electrons. The highest BCUT2D eigenvalue weighted by Gasteiger charge is 2.46. The SMILES string of the molecule is [2H]C1([2H])N(CC2CCN(c3ccc(C(N)=O)cn3)CC2)C([2H])([2H])C([2H])([2H])N(c2ccc3c(c2F)C(=O)N(C2CCC(=O)NC2=O)C3=O)C1([2H])[2H]. The van der Waals surface area contributed by atoms with Gasteiger partial charge in [0, 0.05) is 63.7 Å². The van der Waals surface area contributed by atoms with E-state index in [9.17, 15) is 24.0 Å². The Balaban J connectivity index is 1.27. The number of nitrogens with two attached hydrogens (primary N) is 1. The molecule has 0 saturated carbocycles. The minimum absolute atomic E-state index is 0.0114. The first-order valence-electron chi connectivity index (χ1n) is 17.4. The molecule has 1 atom stereocenters. The van der Waals surface area contributed by atoms with E-state index in [0.29, 0.717) is 41.5 Å². The predicted octanol–water partition coefficient (Wildman–Crippen LogP) is 0.759. The molecule has 2 aromatic rings. The van der Waals surface area contributed by atoms with Gasteiger partial charge < -0.3 is 15.5 Å². The summed E-state index contributed by atoms with van der Waals surface area (Å²) in [6.07, 6.45) is 1.66. The van der Waals surface area contributed by atoms with Gasteiger partial charge in [-0.3, -0.25) is 39.1 Å². The standard InChI is InChI=1S/C29H32FN7O5/c30-25-20(3-2-19-24(25)29(42)37(28(19)41)21-4-6-23(38)33-27(21)40)35-13-11-34(12-14-35)16-17-7-9-36(10-8-17)22-5-1-18(15-32-22)26(31)39/h1-3,5,15,17,21H,4,6-14,16H2,(H2,31,39)(H,33,38,40)/i11D2,12D2,13D2,14D2. The lowest BCUT2D eigenvalue weighted by Crippen LogP contribution is -2.54. The fourth-order valence-corrected chi connectivity index (χ4v) is 5.49. The van der Waals surface area contributed by atoms with Crippen molar-refractivity contribution in [1.82, 2.24) is 20.1 Å². The molecule has 5 amide bonds. The number of piperazine rings is 1. The zero-order valence-electron chi connectivity index (χ0n) is 30.2. The number of fused-ring (bicyclic) bond motifs is 1. The second-order valence-corrected chi connectivity index (χ2v) is 10.4. The maximum absolute atomic E-state index is 16.4. The highest BCUT2D eigenvalue weighted by Crippen LogP contribution is 2.34. The maximum atomic E-state index is 16.4. The third kappa shape index (κ3) is 5.08. The molecular formula is C29H32FN7O5. The quantitative estimate of drug-likeness (QED) is 0.469. The Hall–Kier alpha value is -4.39. The van der Waals surface area contributed by atoms with Crippen LogP contribution >= 0.6 is 0 Å². The topological polar surface area (TPSA) is 149 Å². The summed E-state index contributed by atoms with van der Waals surface area (Å²) in [4.78, 5) is 69.1. The number of anilines is 2. The molecule has 42 heavy (non-hydrogen) atoms. The fourth-order valence-electron chi connectivity index (χ4n) is 5.49. The van der Waals surface area contributed by atoms with Gasteiger partial charge >= 0.3 is 0 Å². The number of carbonyl (C=O) groups excluding carboxylic acids is 5. The molecule has 12 nitrogen and oxygen atoms in total. The Bertz CT molecular complexity index is 1780. The summed E-state index contributed by atoms with van der Waals surface area (Å²) >= 11 is 0. The number of benzene rings is 1. The zero-order chi connectivity index (χ0) is 36.7. The average Bonchev–Trinajstić information content (AvgIpc) is 3.29. The lowest BCUT2D eigenvalue weighted by Gasteiger charge is -2.40. The van der Waals surface area contributed by atoms with Crippen molar-refractivity contribution in [1.29, 1.82) is 0 Å². The number of nitrogens with zero attached hydrogens (tertiary/aromatic N) is 5. The minimum Gasteiger partial charge on any atom is -0.367 e. The number of piperidine rings is 2. The van der Waals surface area contributed by atoms with Crippen molar-refractivity contribution in [3.8, 4) is 0 Å². The molecular weight excluding hydrogens is 545 g/mol. The Morgan fingerprint density at radius 2 is 1.74 bits per heavy atom. The van der Waals surface area contributed by atoms with E-state index in [1.165, 1.54) is 12.3 Å². The summed E-state index contributed by atoms with van der Waals surface area (Å²) in [7, 11) is 0. The van der Waals surface area contributed by atoms with Crippen molar-refractivity contribution in [2.45, 2.75) is 31.7 Å². The van der Waals surface area contributed by atoms with Crippen LogP contribution in [0.25, 0.3) is 0 Å². The van der Waals surface area contributed by atoms with Gasteiger partial charge in [0.25, 0.3) is 11.8 Å². The van der Waals surface area contributed by atoms with E-state index in [1.807, 2.05) is 10.2 Å². The number of aromatic nitrogens is 1. The number of imide groups is 2. The van der Waals surface area contributed by atoms with Crippen LogP contribution in [0.1, 0.15) is 67.7 Å². The lowest BCUT2D eigenvalue weighted by atomic mass is 9.96. The lowest BCUT2D eigenvalue weighted by molar-refractivity contribution is -0.136. The number of rotatable bonds is 6. The van der Waals surface area contributed by atoms with Gasteiger partial charge in [0.1, 0.15) is 11.9 Å². The number of nitrogens with one attached hydrogen (secondary N) is 1. The van der Waals surface area contributed by atoms with Crippen LogP contribution in [0, 0.1) is 11.7 Å². The normalized spacial score (nSPS) is 29.6. The van der Waals surface area contributed by atoms with Crippen LogP contribution in [0.15, 0.2) is 30.5 Å². The number of halogens is 1. The first-order chi connectivity index (χ1) is 23.2. The van der Waals surface area contributed by atoms with Crippen LogP contribution in [-0.2, 0) is 9.59 Å². The van der Waals surface area contributed by atoms with E-state index in [0.717, 1.165) is 12.1 Å². The number of pyridine rings is 1. The van der Waals surface area contributed by atoms with Gasteiger partial charge in [-0.1, -0.05) is 0 Å². The van der Waals surface area contributed by atoms with Crippen molar-refractivity contribution >= 4 is 41.0 Å². The van der Waals surface area contributed by atoms with Gasteiger partial charge in [0.05, 0.1) is 27.9 Å². The van der Waals surface area contributed by atoms with Crippen molar-refractivity contribution in [3.05, 3.63) is 53.0 Å². The minimum atomic E-state index is -3.46. The fraction of sp³-hybridized carbons (Fsp3) is 0.448. The molecule has 1 unspecified atom stereocenters. The first kappa shape index (κ1) is 19.7. The zero-order valence-corrected chi connectivity index (χ0v) is 22.2. The Kier molecular flexibility index (Phi) is 5.21. The molecule has 13 heteroatoms. The van der Waals surface area contributed by atoms with Crippen LogP contribution in [0.3, 0.4) is 0 Å². The molecule has 5 heterocycles. The molecule has 0 radical (unpaired) electrons. The second kappa shape index (κ2) is 11.1. The summed E-state index contributed by atoms with van der Waals surface area (Å²) in [5.41, 5.74) is 3.05. The first-order valence-corrected chi connectivity index (χ1v) is 13.4. The number of amides is 5. The molecule has 0 bridgehead atoms. The Morgan fingerprint density at radius 3 is 2.38 bits per heavy atom. The second-order valence-electron chi connectivity index (χ2n) is 10.4. The van der Waals surface area contributed by atoms with E-state index >= 15 is 4.39 Å². The number of carbonyl (C=O) groups is 5. The van der Waals surface area contributed by atoms with Gasteiger partial charge in [0.15, 0.2) is 5.82 Å². The molecule has 6 rings (SSSR count). The van der Waals surface area contributed by atoms with Gasteiger partial charge in [-0.2, -0.15) is 0 Å². The highest BCUT2D eigenvalue weighted by molar-refractivity contribution is 6.24. The maximum Gasteiger partial charge on any atom is 0.265 e. The molecule has 0 spiro atoms. The highest BCUT2D eigenvalue weighted by atomic mass is 19.1. The van der Waals surface area contributed by atoms with Crippen molar-refractivity contribution < 1.29 is 39.3 Å². The molecule has 0 aliphatic carbocycles. The third-order valence-corrected chi connectivity index (χ3v) is 7.77. The van der Waals surface area contributed by atoms with E-state index in [2.05, 4.69) is 4.98 Å². The van der Waals surface area contributed by atoms with Crippen LogP contribution in [0.5, 0.6) is 0 Å². The predicted molar refractivity (Wildman–Crippen MR) is 149 cm³/mol. The van der Waals surface area contributed by atoms with Gasteiger partial charge in [-0.25, -0.2) is 9.37 Å². The van der Waals surface area contributed by atoms with E-state index in [1.54, 1.807) is 6.07 Å². The largest absolute Gasteiger partial charge is 0.367 e. The molecule has 3 saturated heterocycles. The summed E-state index contributed by atoms with van der Waals surface area (Å²) in [5, 5.41) is 2.01. The molecule has 3 fully saturated rings. The smallest absolute Gasteiger partial charge is 0.265 e. The third-order valence-electron chi connectivity index (χ3n) is 7.77. The monoisotopic (exact) mass is 585 g/mol. The number of hydrogen-bond donors (Lipinski definition) is 2. The van der Waals surface area contributed by atoms with Gasteiger partial charge in [-0.05, 0) is 49.4 Å². The molecule has 3 N–H and O–H groups in total. The average molecular weight is 586 g/mol. The van der Waals surface area contributed by atoms with Crippen LogP contribution < -0.4 is 20.9 Å². The number of hydrogen-bond acceptors (Lipinski definition) is 9. The number of primary amides is 1. The van der Waals surface area contributed by atoms with Gasteiger partial charge in [0.2, 0.25) is 17.7 Å². The van der Waals surface area contributed by atoms with E-state index in [4.69, 9.17) is 16.7 Å². The van der Waals surface area contributed by atoms with Crippen molar-refractivity contribution in [3.63, 3.8) is 0 Å². The van der Waals surface area contributed by atoms with Crippen molar-refractivity contribution in [2.24, 2.45) is 11.7 Å². The molecule has 4 aliphatic heterocycles. The molecule has 4 aliphatic rings. The van der Waals surface area contributed by atoms with E-state index in [-0.39, 0.29) is 23.3 Å². The molecule has 1 aromatic heterocycles. The van der Waals surface area contributed by atoms with Crippen molar-refractivity contribution in [2.75, 3.05) is 55.4 Å². The van der Waals surface area contributed by atoms with E-state index < -0.39 is 96.7 Å². The summed E-state index contributed by atoms with van der Waals surface area (Å²) < 4.78 is 87.0. The van der Waals surface area contributed by atoms with Crippen LogP contribution in [0.4, 0.5) is 15.9 Å². The summed E-state index contributed by atoms with van der Waals surface area (Å²) in [6.45, 7) is -13.1. The van der Waals surface area contributed by atoms with Crippen LogP contribution in [-0.4, -0.2) is 96.0 Å². The Labute approximate surface area is 252 Å². The summed E-state index contributed by atoms with van der Waals surface area (Å²) in [5.74, 6) is -6.05.